The minimum absolute atomic E-state index is 0.137. The van der Waals surface area contributed by atoms with Gasteiger partial charge < -0.3 is 9.84 Å². The largest absolute Gasteiger partial charge is 0.434 e. The quantitative estimate of drug-likeness (QED) is 0.866. The molecule has 0 aliphatic rings. The number of halogens is 4. The molecule has 2 nitrogen and oxygen atoms in total. The van der Waals surface area contributed by atoms with Crippen molar-refractivity contribution >= 4 is 0 Å². The van der Waals surface area contributed by atoms with Gasteiger partial charge >= 0.3 is 6.61 Å². The molecule has 0 aliphatic carbocycles. The SMILES string of the molecule is Cc1ccc(F)c(C(O)c2ccccc2OC(F)F)c1F. The second-order valence-electron chi connectivity index (χ2n) is 4.41. The lowest BCUT2D eigenvalue weighted by Gasteiger charge is -2.18. The van der Waals surface area contributed by atoms with Gasteiger partial charge in [-0.05, 0) is 24.6 Å². The number of aryl methyl sites for hydroxylation is 1. The molecule has 0 aliphatic heterocycles. The van der Waals surface area contributed by atoms with E-state index >= 15 is 0 Å². The first-order chi connectivity index (χ1) is 9.91. The molecule has 1 atom stereocenters. The first kappa shape index (κ1) is 15.3. The highest BCUT2D eigenvalue weighted by Crippen LogP contribution is 2.34. The number of alkyl halides is 2. The maximum Gasteiger partial charge on any atom is 0.387 e. The van der Waals surface area contributed by atoms with E-state index in [2.05, 4.69) is 4.74 Å². The maximum absolute atomic E-state index is 14.0. The van der Waals surface area contributed by atoms with Crippen LogP contribution in [-0.2, 0) is 0 Å². The Kier molecular flexibility index (Phi) is 4.47. The van der Waals surface area contributed by atoms with E-state index in [0.717, 1.165) is 6.07 Å². The van der Waals surface area contributed by atoms with E-state index in [1.54, 1.807) is 0 Å². The molecule has 21 heavy (non-hydrogen) atoms. The van der Waals surface area contributed by atoms with Crippen LogP contribution in [0, 0.1) is 18.6 Å². The number of aliphatic hydroxyl groups is 1. The van der Waals surface area contributed by atoms with Gasteiger partial charge in [-0.2, -0.15) is 8.78 Å². The minimum atomic E-state index is -3.11. The van der Waals surface area contributed by atoms with Crippen LogP contribution in [-0.4, -0.2) is 11.7 Å². The molecule has 2 aromatic rings. The average Bonchev–Trinajstić information content (AvgIpc) is 2.43. The molecule has 0 aromatic heterocycles. The molecule has 0 bridgehead atoms. The molecule has 112 valence electrons. The van der Waals surface area contributed by atoms with Crippen molar-refractivity contribution in [3.63, 3.8) is 0 Å². The zero-order valence-electron chi connectivity index (χ0n) is 11.0. The van der Waals surface area contributed by atoms with Crippen LogP contribution in [0.15, 0.2) is 36.4 Å². The first-order valence-electron chi connectivity index (χ1n) is 6.08. The zero-order valence-corrected chi connectivity index (χ0v) is 11.0. The third-order valence-electron chi connectivity index (χ3n) is 3.02. The maximum atomic E-state index is 14.0. The third kappa shape index (κ3) is 3.16. The second kappa shape index (κ2) is 6.13. The van der Waals surface area contributed by atoms with Crippen molar-refractivity contribution in [1.29, 1.82) is 0 Å². The molecule has 0 saturated carbocycles. The highest BCUT2D eigenvalue weighted by Gasteiger charge is 2.24. The Balaban J connectivity index is 2.50. The lowest BCUT2D eigenvalue weighted by atomic mass is 9.98. The molecule has 0 fully saturated rings. The van der Waals surface area contributed by atoms with Gasteiger partial charge in [0, 0.05) is 5.56 Å². The van der Waals surface area contributed by atoms with Gasteiger partial charge in [-0.25, -0.2) is 8.78 Å². The van der Waals surface area contributed by atoms with Gasteiger partial charge in [-0.15, -0.1) is 0 Å². The van der Waals surface area contributed by atoms with Crippen molar-refractivity contribution in [2.75, 3.05) is 0 Å². The van der Waals surface area contributed by atoms with E-state index in [0.29, 0.717) is 0 Å². The summed E-state index contributed by atoms with van der Waals surface area (Å²) < 4.78 is 56.7. The molecule has 0 saturated heterocycles. The van der Waals surface area contributed by atoms with Crippen LogP contribution in [0.4, 0.5) is 17.6 Å². The van der Waals surface area contributed by atoms with Crippen molar-refractivity contribution < 1.29 is 27.4 Å². The van der Waals surface area contributed by atoms with E-state index in [9.17, 15) is 22.7 Å². The Labute approximate surface area is 118 Å². The Morgan fingerprint density at radius 2 is 1.71 bits per heavy atom. The van der Waals surface area contributed by atoms with Gasteiger partial charge in [0.25, 0.3) is 0 Å². The fourth-order valence-electron chi connectivity index (χ4n) is 1.99. The van der Waals surface area contributed by atoms with Gasteiger partial charge in [-0.1, -0.05) is 24.3 Å². The first-order valence-corrected chi connectivity index (χ1v) is 6.08. The number of hydrogen-bond acceptors (Lipinski definition) is 2. The monoisotopic (exact) mass is 300 g/mol. The molecule has 1 N–H and O–H groups in total. The number of benzene rings is 2. The Morgan fingerprint density at radius 3 is 2.38 bits per heavy atom. The van der Waals surface area contributed by atoms with Gasteiger partial charge in [0.2, 0.25) is 0 Å². The molecule has 2 rings (SSSR count). The summed E-state index contributed by atoms with van der Waals surface area (Å²) in [6.07, 6.45) is -1.75. The molecular formula is C15H12F4O2. The summed E-state index contributed by atoms with van der Waals surface area (Å²) in [4.78, 5) is 0. The summed E-state index contributed by atoms with van der Waals surface area (Å²) in [5.74, 6) is -2.22. The molecule has 0 amide bonds. The second-order valence-corrected chi connectivity index (χ2v) is 4.41. The van der Waals surface area contributed by atoms with E-state index in [4.69, 9.17) is 0 Å². The fraction of sp³-hybridized carbons (Fsp3) is 0.200. The van der Waals surface area contributed by atoms with Crippen LogP contribution in [0.3, 0.4) is 0 Å². The predicted octanol–water partition coefficient (Wildman–Crippen LogP) is 3.96. The van der Waals surface area contributed by atoms with Crippen LogP contribution in [0.5, 0.6) is 5.75 Å². The fourth-order valence-corrected chi connectivity index (χ4v) is 1.99. The van der Waals surface area contributed by atoms with Crippen LogP contribution in [0.25, 0.3) is 0 Å². The van der Waals surface area contributed by atoms with Crippen LogP contribution >= 0.6 is 0 Å². The number of para-hydroxylation sites is 1. The number of aliphatic hydroxyl groups excluding tert-OH is 1. The highest BCUT2D eigenvalue weighted by atomic mass is 19.3. The lowest BCUT2D eigenvalue weighted by molar-refractivity contribution is -0.0513. The zero-order chi connectivity index (χ0) is 15.6. The standard InChI is InChI=1S/C15H12F4O2/c1-8-6-7-10(16)12(13(8)17)14(20)9-4-2-3-5-11(9)21-15(18)19/h2-7,14-15,20H,1H3. The molecular weight excluding hydrogens is 288 g/mol. The Bertz CT molecular complexity index is 644. The third-order valence-corrected chi connectivity index (χ3v) is 3.02. The molecule has 2 aromatic carbocycles. The number of ether oxygens (including phenoxy) is 1. The lowest BCUT2D eigenvalue weighted by Crippen LogP contribution is -2.11. The van der Waals surface area contributed by atoms with Crippen molar-refractivity contribution in [1.82, 2.24) is 0 Å². The summed E-state index contributed by atoms with van der Waals surface area (Å²) in [6.45, 7) is -1.70. The highest BCUT2D eigenvalue weighted by molar-refractivity contribution is 5.42. The van der Waals surface area contributed by atoms with Crippen molar-refractivity contribution in [3.8, 4) is 5.75 Å². The summed E-state index contributed by atoms with van der Waals surface area (Å²) in [5, 5.41) is 10.2. The van der Waals surface area contributed by atoms with Crippen molar-refractivity contribution in [2.45, 2.75) is 19.6 Å². The molecule has 0 radical (unpaired) electrons. The summed E-state index contributed by atoms with van der Waals surface area (Å²) in [7, 11) is 0. The average molecular weight is 300 g/mol. The van der Waals surface area contributed by atoms with Crippen LogP contribution in [0.2, 0.25) is 0 Å². The normalized spacial score (nSPS) is 12.5. The topological polar surface area (TPSA) is 29.5 Å². The Hall–Kier alpha value is -2.08. The molecule has 0 spiro atoms. The van der Waals surface area contributed by atoms with E-state index in [1.165, 1.54) is 37.3 Å². The molecule has 0 heterocycles. The predicted molar refractivity (Wildman–Crippen MR) is 68.2 cm³/mol. The van der Waals surface area contributed by atoms with Gasteiger partial charge in [-0.3, -0.25) is 0 Å². The minimum Gasteiger partial charge on any atom is -0.434 e. The smallest absolute Gasteiger partial charge is 0.387 e. The van der Waals surface area contributed by atoms with Crippen molar-refractivity contribution in [3.05, 3.63) is 64.7 Å². The Morgan fingerprint density at radius 1 is 1.05 bits per heavy atom. The van der Waals surface area contributed by atoms with E-state index in [1.807, 2.05) is 0 Å². The number of hydrogen-bond donors (Lipinski definition) is 1. The number of rotatable bonds is 4. The summed E-state index contributed by atoms with van der Waals surface area (Å²) in [5.41, 5.74) is -0.598. The summed E-state index contributed by atoms with van der Waals surface area (Å²) in [6, 6.07) is 7.55. The van der Waals surface area contributed by atoms with Crippen LogP contribution in [0.1, 0.15) is 22.8 Å². The van der Waals surface area contributed by atoms with E-state index in [-0.39, 0.29) is 16.9 Å². The van der Waals surface area contributed by atoms with Crippen LogP contribution < -0.4 is 4.74 Å². The van der Waals surface area contributed by atoms with Gasteiger partial charge in [0.15, 0.2) is 0 Å². The summed E-state index contributed by atoms with van der Waals surface area (Å²) >= 11 is 0. The van der Waals surface area contributed by atoms with Gasteiger partial charge in [0.1, 0.15) is 23.5 Å². The molecule has 1 unspecified atom stereocenters. The van der Waals surface area contributed by atoms with Crippen molar-refractivity contribution in [2.24, 2.45) is 0 Å². The van der Waals surface area contributed by atoms with E-state index < -0.39 is 29.9 Å². The van der Waals surface area contributed by atoms with Gasteiger partial charge in [0.05, 0.1) is 5.56 Å². The molecule has 6 heteroatoms.